The van der Waals surface area contributed by atoms with Crippen LogP contribution < -0.4 is 15.2 Å². The molecule has 0 bridgehead atoms. The Kier molecular flexibility index (Phi) is 6.40. The van der Waals surface area contributed by atoms with Crippen molar-refractivity contribution >= 4 is 11.8 Å². The SMILES string of the molecule is CCOc1cc(CC(C)(C)OC(N)=O)c(F)cc1Oc1ccc([N+](=O)[O-])cc1. The zero-order valence-electron chi connectivity index (χ0n) is 15.7. The van der Waals surface area contributed by atoms with E-state index in [1.807, 2.05) is 0 Å². The van der Waals surface area contributed by atoms with Gasteiger partial charge >= 0.3 is 6.09 Å². The Morgan fingerprint density at radius 2 is 1.86 bits per heavy atom. The fraction of sp³-hybridized carbons (Fsp3) is 0.316. The molecule has 150 valence electrons. The van der Waals surface area contributed by atoms with Gasteiger partial charge in [0.2, 0.25) is 0 Å². The van der Waals surface area contributed by atoms with Gasteiger partial charge in [0.05, 0.1) is 11.5 Å². The fourth-order valence-corrected chi connectivity index (χ4v) is 2.59. The molecule has 0 aliphatic rings. The molecule has 9 heteroatoms. The maximum atomic E-state index is 14.6. The monoisotopic (exact) mass is 392 g/mol. The summed E-state index contributed by atoms with van der Waals surface area (Å²) in [6, 6.07) is 7.99. The number of carbonyl (C=O) groups excluding carboxylic acids is 1. The lowest BCUT2D eigenvalue weighted by atomic mass is 9.97. The number of nitrogens with zero attached hydrogens (tertiary/aromatic N) is 1. The van der Waals surface area contributed by atoms with Crippen LogP contribution in [0.4, 0.5) is 14.9 Å². The molecule has 0 aliphatic carbocycles. The number of hydrogen-bond acceptors (Lipinski definition) is 6. The van der Waals surface area contributed by atoms with Crippen LogP contribution in [0.15, 0.2) is 36.4 Å². The van der Waals surface area contributed by atoms with Crippen LogP contribution in [0.25, 0.3) is 0 Å². The van der Waals surface area contributed by atoms with Gasteiger partial charge in [-0.05, 0) is 44.5 Å². The largest absolute Gasteiger partial charge is 0.490 e. The Morgan fingerprint density at radius 1 is 1.21 bits per heavy atom. The molecular formula is C19H21FN2O6. The molecule has 1 amide bonds. The molecule has 2 aromatic carbocycles. The number of ether oxygens (including phenoxy) is 3. The van der Waals surface area contributed by atoms with E-state index in [0.717, 1.165) is 6.07 Å². The first kappa shape index (κ1) is 20.9. The van der Waals surface area contributed by atoms with Crippen molar-refractivity contribution in [2.75, 3.05) is 6.61 Å². The summed E-state index contributed by atoms with van der Waals surface area (Å²) in [7, 11) is 0. The molecule has 2 aromatic rings. The number of nitro benzene ring substituents is 1. The third-order valence-corrected chi connectivity index (χ3v) is 3.68. The highest BCUT2D eigenvalue weighted by Crippen LogP contribution is 2.36. The second-order valence-electron chi connectivity index (χ2n) is 6.53. The van der Waals surface area contributed by atoms with Crippen LogP contribution in [0.5, 0.6) is 17.2 Å². The van der Waals surface area contributed by atoms with Gasteiger partial charge in [-0.15, -0.1) is 0 Å². The number of hydrogen-bond donors (Lipinski definition) is 1. The minimum atomic E-state index is -1.02. The van der Waals surface area contributed by atoms with E-state index >= 15 is 0 Å². The van der Waals surface area contributed by atoms with Crippen molar-refractivity contribution in [1.82, 2.24) is 0 Å². The summed E-state index contributed by atoms with van der Waals surface area (Å²) >= 11 is 0. The molecule has 0 spiro atoms. The topological polar surface area (TPSA) is 114 Å². The highest BCUT2D eigenvalue weighted by atomic mass is 19.1. The minimum absolute atomic E-state index is 0.0691. The Balaban J connectivity index is 2.31. The summed E-state index contributed by atoms with van der Waals surface area (Å²) in [6.45, 7) is 5.29. The van der Waals surface area contributed by atoms with Crippen molar-refractivity contribution in [2.45, 2.75) is 32.8 Å². The van der Waals surface area contributed by atoms with Crippen LogP contribution in [0, 0.1) is 15.9 Å². The number of primary amides is 1. The van der Waals surface area contributed by atoms with E-state index in [-0.39, 0.29) is 34.9 Å². The number of nitro groups is 1. The van der Waals surface area contributed by atoms with E-state index in [1.54, 1.807) is 20.8 Å². The van der Waals surface area contributed by atoms with Gasteiger partial charge in [0.1, 0.15) is 17.2 Å². The molecule has 0 aliphatic heterocycles. The molecule has 0 fully saturated rings. The van der Waals surface area contributed by atoms with Gasteiger partial charge in [0, 0.05) is 24.6 Å². The zero-order chi connectivity index (χ0) is 20.9. The van der Waals surface area contributed by atoms with Crippen molar-refractivity contribution in [2.24, 2.45) is 5.73 Å². The summed E-state index contributed by atoms with van der Waals surface area (Å²) in [5.74, 6) is 0.107. The zero-order valence-corrected chi connectivity index (χ0v) is 15.7. The first-order valence-electron chi connectivity index (χ1n) is 8.47. The smallest absolute Gasteiger partial charge is 0.405 e. The average Bonchev–Trinajstić information content (AvgIpc) is 2.58. The maximum Gasteiger partial charge on any atom is 0.405 e. The minimum Gasteiger partial charge on any atom is -0.490 e. The Morgan fingerprint density at radius 3 is 2.39 bits per heavy atom. The first-order valence-corrected chi connectivity index (χ1v) is 8.47. The number of amides is 1. The van der Waals surface area contributed by atoms with Crippen LogP contribution in [0.2, 0.25) is 0 Å². The molecule has 0 heterocycles. The summed E-state index contributed by atoms with van der Waals surface area (Å²) in [4.78, 5) is 21.2. The van der Waals surface area contributed by atoms with Gasteiger partial charge in [-0.25, -0.2) is 9.18 Å². The Bertz CT molecular complexity index is 867. The van der Waals surface area contributed by atoms with Crippen molar-refractivity contribution in [3.8, 4) is 17.2 Å². The van der Waals surface area contributed by atoms with Crippen LogP contribution in [0.1, 0.15) is 26.3 Å². The standard InChI is InChI=1S/C19H21FN2O6/c1-4-26-16-9-12(11-19(2,3)28-18(21)23)15(20)10-17(16)27-14-7-5-13(6-8-14)22(24)25/h5-10H,4,11H2,1-3H3,(H2,21,23). The number of nitrogens with two attached hydrogens (primary N) is 1. The van der Waals surface area contributed by atoms with E-state index in [2.05, 4.69) is 0 Å². The molecule has 0 atom stereocenters. The molecule has 2 N–H and O–H groups in total. The number of carbonyl (C=O) groups is 1. The number of halogens is 1. The van der Waals surface area contributed by atoms with E-state index in [4.69, 9.17) is 19.9 Å². The quantitative estimate of drug-likeness (QED) is 0.528. The van der Waals surface area contributed by atoms with Crippen molar-refractivity contribution in [1.29, 1.82) is 0 Å². The van der Waals surface area contributed by atoms with E-state index in [1.165, 1.54) is 30.3 Å². The van der Waals surface area contributed by atoms with E-state index in [0.29, 0.717) is 6.61 Å². The van der Waals surface area contributed by atoms with Gasteiger partial charge in [0.15, 0.2) is 11.5 Å². The van der Waals surface area contributed by atoms with Gasteiger partial charge in [0.25, 0.3) is 5.69 Å². The molecule has 2 rings (SSSR count). The summed E-state index contributed by atoms with van der Waals surface area (Å²) in [5.41, 5.74) is 4.20. The third-order valence-electron chi connectivity index (χ3n) is 3.68. The molecule has 0 saturated carbocycles. The molecule has 8 nitrogen and oxygen atoms in total. The average molecular weight is 392 g/mol. The molecule has 0 saturated heterocycles. The maximum absolute atomic E-state index is 14.6. The molecular weight excluding hydrogens is 371 g/mol. The van der Waals surface area contributed by atoms with Gasteiger partial charge in [-0.2, -0.15) is 0 Å². The summed E-state index contributed by atoms with van der Waals surface area (Å²) in [6.07, 6.45) is -0.881. The molecule has 0 aromatic heterocycles. The van der Waals surface area contributed by atoms with Crippen LogP contribution in [-0.4, -0.2) is 23.2 Å². The lowest BCUT2D eigenvalue weighted by Crippen LogP contribution is -2.33. The summed E-state index contributed by atoms with van der Waals surface area (Å²) < 4.78 is 30.8. The predicted molar refractivity (Wildman–Crippen MR) is 99.2 cm³/mol. The van der Waals surface area contributed by atoms with E-state index in [9.17, 15) is 19.3 Å². The molecule has 28 heavy (non-hydrogen) atoms. The van der Waals surface area contributed by atoms with E-state index < -0.39 is 22.4 Å². The second-order valence-corrected chi connectivity index (χ2v) is 6.53. The predicted octanol–water partition coefficient (Wildman–Crippen LogP) is 4.34. The van der Waals surface area contributed by atoms with Gasteiger partial charge in [-0.3, -0.25) is 10.1 Å². The normalized spacial score (nSPS) is 11.0. The van der Waals surface area contributed by atoms with Gasteiger partial charge in [-0.1, -0.05) is 0 Å². The van der Waals surface area contributed by atoms with Crippen molar-refractivity contribution in [3.05, 3.63) is 57.9 Å². The molecule has 0 unspecified atom stereocenters. The highest BCUT2D eigenvalue weighted by molar-refractivity contribution is 5.65. The van der Waals surface area contributed by atoms with Crippen LogP contribution >= 0.6 is 0 Å². The number of benzene rings is 2. The number of non-ortho nitro benzene ring substituents is 1. The van der Waals surface area contributed by atoms with Crippen molar-refractivity contribution in [3.63, 3.8) is 0 Å². The Hall–Kier alpha value is -3.36. The van der Waals surface area contributed by atoms with Crippen LogP contribution in [-0.2, 0) is 11.2 Å². The van der Waals surface area contributed by atoms with Gasteiger partial charge < -0.3 is 19.9 Å². The summed E-state index contributed by atoms with van der Waals surface area (Å²) in [5, 5.41) is 10.7. The highest BCUT2D eigenvalue weighted by Gasteiger charge is 2.25. The third kappa shape index (κ3) is 5.57. The number of rotatable bonds is 8. The lowest BCUT2D eigenvalue weighted by molar-refractivity contribution is -0.384. The fourth-order valence-electron chi connectivity index (χ4n) is 2.59. The lowest BCUT2D eigenvalue weighted by Gasteiger charge is -2.24. The Labute approximate surface area is 161 Å². The first-order chi connectivity index (χ1) is 13.1. The second kappa shape index (κ2) is 8.55. The van der Waals surface area contributed by atoms with Crippen LogP contribution in [0.3, 0.4) is 0 Å². The molecule has 0 radical (unpaired) electrons. The van der Waals surface area contributed by atoms with Crippen molar-refractivity contribution < 1.29 is 28.3 Å².